The van der Waals surface area contributed by atoms with Crippen molar-refractivity contribution in [3.8, 4) is 11.1 Å². The van der Waals surface area contributed by atoms with Crippen LogP contribution in [0.25, 0.3) is 16.7 Å². The summed E-state index contributed by atoms with van der Waals surface area (Å²) in [5, 5.41) is 18.2. The Morgan fingerprint density at radius 1 is 0.724 bits per heavy atom. The van der Waals surface area contributed by atoms with Gasteiger partial charge in [-0.2, -0.15) is 0 Å². The number of aliphatic imine (C=N–C) groups is 1. The number of hydrogen-bond acceptors (Lipinski definition) is 8. The summed E-state index contributed by atoms with van der Waals surface area (Å²) in [6, 6.07) is 34.8. The lowest BCUT2D eigenvalue weighted by Crippen LogP contribution is -2.58. The van der Waals surface area contributed by atoms with Crippen LogP contribution >= 0.6 is 0 Å². The number of halogens is 1. The minimum absolute atomic E-state index is 0.0808. The fourth-order valence-electron chi connectivity index (χ4n) is 10.1. The van der Waals surface area contributed by atoms with Crippen LogP contribution in [0.15, 0.2) is 150 Å². The Morgan fingerprint density at radius 3 is 1.84 bits per heavy atom. The van der Waals surface area contributed by atoms with E-state index in [0.29, 0.717) is 32.6 Å². The van der Waals surface area contributed by atoms with Gasteiger partial charge in [0.1, 0.15) is 23.7 Å². The van der Waals surface area contributed by atoms with E-state index in [4.69, 9.17) is 9.73 Å². The predicted octanol–water partition coefficient (Wildman–Crippen LogP) is 9.39. The van der Waals surface area contributed by atoms with Crippen molar-refractivity contribution in [3.63, 3.8) is 0 Å². The van der Waals surface area contributed by atoms with E-state index in [1.807, 2.05) is 169 Å². The maximum Gasteiger partial charge on any atom is 0.495 e. The van der Waals surface area contributed by atoms with Crippen LogP contribution in [0.2, 0.25) is 0 Å². The van der Waals surface area contributed by atoms with Crippen LogP contribution in [0.1, 0.15) is 106 Å². The van der Waals surface area contributed by atoms with E-state index in [9.17, 15) is 18.7 Å². The third-order valence-electron chi connectivity index (χ3n) is 14.2. The van der Waals surface area contributed by atoms with Gasteiger partial charge in [0, 0.05) is 48.1 Å². The zero-order valence-corrected chi connectivity index (χ0v) is 44.7. The number of ketones is 1. The van der Waals surface area contributed by atoms with Gasteiger partial charge in [-0.15, -0.1) is 5.10 Å². The number of aromatic nitrogens is 4. The first-order chi connectivity index (χ1) is 36.6. The summed E-state index contributed by atoms with van der Waals surface area (Å²) in [7, 11) is 0.614. The summed E-state index contributed by atoms with van der Waals surface area (Å²) in [6.07, 6.45) is 7.42. The van der Waals surface area contributed by atoms with Crippen molar-refractivity contribution in [3.05, 3.63) is 184 Å². The number of nitrogens with zero attached hydrogens (tertiary/aromatic N) is 5. The molecule has 0 bridgehead atoms. The van der Waals surface area contributed by atoms with Gasteiger partial charge in [0.2, 0.25) is 17.7 Å². The molecule has 2 aromatic heterocycles. The number of allylic oxidation sites excluding steroid dienone is 3. The number of epoxide rings is 1. The molecule has 3 amide bonds. The quantitative estimate of drug-likeness (QED) is 0.0292. The van der Waals surface area contributed by atoms with Crippen molar-refractivity contribution in [2.24, 2.45) is 10.9 Å². The van der Waals surface area contributed by atoms with Gasteiger partial charge in [0.05, 0.1) is 24.0 Å². The smallest absolute Gasteiger partial charge is 0.362 e. The van der Waals surface area contributed by atoms with Crippen LogP contribution in [-0.2, 0) is 49.6 Å². The Morgan fingerprint density at radius 2 is 1.28 bits per heavy atom. The Hall–Kier alpha value is -7.52. The van der Waals surface area contributed by atoms with Crippen LogP contribution < -0.4 is 16.0 Å². The SMILES string of the molecule is CC1=CC(C)=N/C1=C(/CCCCc1cn([C@@H](Cc2ccccc2)C(=O)N[C@@H](Cc2ccc(-c3ccccc3)cc2)C(=O)N[C@@H](Cc2ccccc2)C(=O)N[C@@H](CC(C)C)C(=O)[C@@]2(C)CO2)nn1)c1c(C)cc(C)n1[B]F. The maximum atomic E-state index is 15.0. The summed E-state index contributed by atoms with van der Waals surface area (Å²) in [6.45, 7) is 13.8. The highest BCUT2D eigenvalue weighted by Gasteiger charge is 2.50. The van der Waals surface area contributed by atoms with Gasteiger partial charge < -0.3 is 29.5 Å². The minimum Gasteiger partial charge on any atom is -0.362 e. The molecule has 76 heavy (non-hydrogen) atoms. The van der Waals surface area contributed by atoms with E-state index in [1.54, 1.807) is 22.3 Å². The Kier molecular flexibility index (Phi) is 17.9. The zero-order chi connectivity index (χ0) is 53.9. The largest absolute Gasteiger partial charge is 0.495 e. The average Bonchev–Trinajstić information content (AvgIpc) is 3.68. The number of hydrogen-bond donors (Lipinski definition) is 3. The molecule has 5 atom stereocenters. The zero-order valence-electron chi connectivity index (χ0n) is 44.7. The van der Waals surface area contributed by atoms with E-state index in [0.717, 1.165) is 80.2 Å². The Balaban J connectivity index is 1.05. The summed E-state index contributed by atoms with van der Waals surface area (Å²) < 4.78 is 23.0. The summed E-state index contributed by atoms with van der Waals surface area (Å²) in [5.41, 5.74) is 10.6. The van der Waals surface area contributed by atoms with Crippen molar-refractivity contribution >= 4 is 42.5 Å². The van der Waals surface area contributed by atoms with Crippen LogP contribution in [0, 0.1) is 19.8 Å². The molecule has 2 aliphatic rings. The Bertz CT molecular complexity index is 3090. The van der Waals surface area contributed by atoms with Crippen LogP contribution in [0.4, 0.5) is 4.32 Å². The number of amides is 3. The molecule has 15 heteroatoms. The van der Waals surface area contributed by atoms with Crippen molar-refractivity contribution in [1.29, 1.82) is 0 Å². The number of Topliss-reactive ketones (excluding diaryl/α,β-unsaturated/α-hetero) is 1. The molecule has 1 radical (unpaired) electrons. The lowest BCUT2D eigenvalue weighted by Gasteiger charge is -2.27. The summed E-state index contributed by atoms with van der Waals surface area (Å²) in [4.78, 5) is 63.0. The molecule has 6 aromatic rings. The molecular weight excluding hydrogens is 955 g/mol. The second-order valence-corrected chi connectivity index (χ2v) is 20.9. The van der Waals surface area contributed by atoms with E-state index in [2.05, 4.69) is 26.3 Å². The van der Waals surface area contributed by atoms with Crippen molar-refractivity contribution in [2.75, 3.05) is 6.61 Å². The van der Waals surface area contributed by atoms with Gasteiger partial charge in [0.15, 0.2) is 5.78 Å². The van der Waals surface area contributed by atoms with Gasteiger partial charge in [-0.3, -0.25) is 24.2 Å². The molecule has 3 N–H and O–H groups in total. The first-order valence-electron chi connectivity index (χ1n) is 26.4. The average molecular weight is 1020 g/mol. The number of unbranched alkanes of at least 4 members (excludes halogenated alkanes) is 1. The van der Waals surface area contributed by atoms with Gasteiger partial charge >= 0.3 is 7.69 Å². The number of benzene rings is 4. The molecule has 2 aliphatic heterocycles. The minimum atomic E-state index is -1.15. The highest BCUT2D eigenvalue weighted by Crippen LogP contribution is 2.35. The molecule has 8 rings (SSSR count). The summed E-state index contributed by atoms with van der Waals surface area (Å²) >= 11 is 0. The van der Waals surface area contributed by atoms with Gasteiger partial charge in [-0.1, -0.05) is 134 Å². The van der Waals surface area contributed by atoms with E-state index in [1.165, 1.54) is 0 Å². The molecular formula is C61H69BFN8O5. The van der Waals surface area contributed by atoms with E-state index >= 15 is 4.79 Å². The van der Waals surface area contributed by atoms with E-state index in [-0.39, 0.29) is 37.6 Å². The predicted molar refractivity (Wildman–Crippen MR) is 297 cm³/mol. The first kappa shape index (κ1) is 54.7. The molecule has 4 heterocycles. The molecule has 1 saturated heterocycles. The van der Waals surface area contributed by atoms with Crippen molar-refractivity contribution in [2.45, 2.75) is 130 Å². The fourth-order valence-corrected chi connectivity index (χ4v) is 10.1. The van der Waals surface area contributed by atoms with E-state index < -0.39 is 47.5 Å². The number of carbonyl (C=O) groups excluding carboxylic acids is 4. The van der Waals surface area contributed by atoms with Gasteiger partial charge in [-0.25, -0.2) is 4.68 Å². The van der Waals surface area contributed by atoms with Crippen molar-refractivity contribution < 1.29 is 28.2 Å². The molecule has 393 valence electrons. The number of carbonyl (C=O) groups is 4. The standard InChI is InChI=1S/C61H69BFN8O5/c1-39(2)31-51(57(72)61(7)38-76-61)65-58(73)52(34-44-19-11-8-12-20-44)66-59(74)53(35-46-27-29-48(30-28-46)47-23-15-10-16-24-47)67-60(75)54(36-45-21-13-9-14-22-45)70-37-49(68-69-70)25-17-18-26-50(55-40(3)32-42(5)64-55)56-41(4)33-43(6)71(56)62-63/h8-16,19-24,27-30,32-33,37,39,51-54H,17-18,25-26,31,34-36,38H2,1-7H3,(H,65,73)(H,66,74)(H,67,75)/b55-50-/t51-,52-,53-,54-,61+/m0/s1. The van der Waals surface area contributed by atoms with Crippen LogP contribution in [-0.4, -0.2) is 86.7 Å². The molecule has 0 unspecified atom stereocenters. The van der Waals surface area contributed by atoms with Gasteiger partial charge in [-0.05, 0) is 124 Å². The number of aryl methyl sites for hydroxylation is 3. The number of nitrogens with one attached hydrogen (secondary N) is 3. The van der Waals surface area contributed by atoms with Crippen LogP contribution in [0.5, 0.6) is 0 Å². The molecule has 1 fully saturated rings. The summed E-state index contributed by atoms with van der Waals surface area (Å²) in [5.74, 6) is -1.68. The number of rotatable bonds is 25. The normalized spacial score (nSPS) is 17.2. The molecule has 0 aliphatic carbocycles. The monoisotopic (exact) mass is 1020 g/mol. The number of ether oxygens (including phenoxy) is 1. The molecule has 13 nitrogen and oxygen atoms in total. The molecule has 0 saturated carbocycles. The second kappa shape index (κ2) is 24.9. The topological polar surface area (TPSA) is 165 Å². The third kappa shape index (κ3) is 13.8. The highest BCUT2D eigenvalue weighted by molar-refractivity contribution is 6.25. The van der Waals surface area contributed by atoms with Gasteiger partial charge in [0.25, 0.3) is 0 Å². The van der Waals surface area contributed by atoms with Crippen molar-refractivity contribution in [1.82, 2.24) is 35.4 Å². The third-order valence-corrected chi connectivity index (χ3v) is 14.2. The lowest BCUT2D eigenvalue weighted by atomic mass is 9.93. The highest BCUT2D eigenvalue weighted by atomic mass is 19.1. The first-order valence-corrected chi connectivity index (χ1v) is 26.4. The fraction of sp³-hybridized carbons (Fsp3) is 0.361. The second-order valence-electron chi connectivity index (χ2n) is 20.9. The van der Waals surface area contributed by atoms with Crippen LogP contribution in [0.3, 0.4) is 0 Å². The molecule has 0 spiro atoms. The Labute approximate surface area is 446 Å². The lowest BCUT2D eigenvalue weighted by molar-refractivity contribution is -0.134. The maximum absolute atomic E-state index is 15.0. The molecule has 4 aromatic carbocycles.